The zero-order valence-electron chi connectivity index (χ0n) is 31.4. The molecular formula is C49H38N2O4. The van der Waals surface area contributed by atoms with Crippen LogP contribution < -0.4 is 4.90 Å². The average Bonchev–Trinajstić information content (AvgIpc) is 3.79. The predicted octanol–water partition coefficient (Wildman–Crippen LogP) is 9.37. The number of hydrogen-bond acceptors (Lipinski definition) is 4. The van der Waals surface area contributed by atoms with Gasteiger partial charge in [0.25, 0.3) is 23.6 Å². The highest BCUT2D eigenvalue weighted by Gasteiger charge is 2.49. The van der Waals surface area contributed by atoms with Gasteiger partial charge in [0.2, 0.25) is 0 Å². The summed E-state index contributed by atoms with van der Waals surface area (Å²) in [6.07, 6.45) is 0.952. The van der Waals surface area contributed by atoms with E-state index in [1.807, 2.05) is 60.7 Å². The van der Waals surface area contributed by atoms with Crippen molar-refractivity contribution in [1.29, 1.82) is 0 Å². The summed E-state index contributed by atoms with van der Waals surface area (Å²) in [7, 11) is 1.50. The second kappa shape index (κ2) is 11.1. The Balaban J connectivity index is 1.09. The highest BCUT2D eigenvalue weighted by Crippen LogP contribution is 2.57. The fourth-order valence-electron chi connectivity index (χ4n) is 10.3. The molecular weight excluding hydrogens is 681 g/mol. The molecule has 2 heterocycles. The van der Waals surface area contributed by atoms with E-state index in [0.717, 1.165) is 50.3 Å². The Hall–Kier alpha value is -6.40. The zero-order valence-corrected chi connectivity index (χ0v) is 31.4. The van der Waals surface area contributed by atoms with Gasteiger partial charge in [0.1, 0.15) is 0 Å². The molecule has 6 aromatic rings. The van der Waals surface area contributed by atoms with Crippen molar-refractivity contribution in [3.8, 4) is 11.1 Å². The zero-order chi connectivity index (χ0) is 38.2. The maximum Gasteiger partial charge on any atom is 0.266 e. The van der Waals surface area contributed by atoms with Gasteiger partial charge in [-0.05, 0) is 105 Å². The van der Waals surface area contributed by atoms with Crippen LogP contribution in [0.2, 0.25) is 0 Å². The quantitative estimate of drug-likeness (QED) is 0.170. The number of anilines is 1. The first-order chi connectivity index (χ1) is 26.4. The highest BCUT2D eigenvalue weighted by atomic mass is 16.2. The lowest BCUT2D eigenvalue weighted by molar-refractivity contribution is 0.0692. The van der Waals surface area contributed by atoms with Gasteiger partial charge < -0.3 is 0 Å². The summed E-state index contributed by atoms with van der Waals surface area (Å²) in [5.74, 6) is -1.42. The topological polar surface area (TPSA) is 74.8 Å². The van der Waals surface area contributed by atoms with Crippen molar-refractivity contribution >= 4 is 29.3 Å². The molecule has 0 spiro atoms. The van der Waals surface area contributed by atoms with Crippen molar-refractivity contribution in [1.82, 2.24) is 4.90 Å². The lowest BCUT2D eigenvalue weighted by Crippen LogP contribution is -2.30. The molecule has 0 fully saturated rings. The summed E-state index contributed by atoms with van der Waals surface area (Å²) in [5, 5.41) is 0. The molecule has 4 aliphatic rings. The van der Waals surface area contributed by atoms with E-state index >= 15 is 0 Å². The van der Waals surface area contributed by atoms with Gasteiger partial charge in [-0.1, -0.05) is 117 Å². The SMILES string of the molecule is Cc1ccc2c(c1)C(C)(C)CC2(C)c1ccc(N2C(=O)c3ccc(C4(c5ccc6c(c5)C(=O)N(C)C6=O)c5ccccc5-c5ccccc54)cc3C2=O)cc1. The number of hydrogen-bond donors (Lipinski definition) is 0. The first kappa shape index (κ1) is 33.2. The molecule has 2 aliphatic carbocycles. The Bertz CT molecular complexity index is 2700. The number of imide groups is 2. The maximum atomic E-state index is 14.5. The lowest BCUT2D eigenvalue weighted by atomic mass is 9.67. The molecule has 6 heteroatoms. The molecule has 1 atom stereocenters. The minimum atomic E-state index is -0.945. The standard InChI is InChI=1S/C49H38N2O4/c1-28-14-23-41-42(24-28)47(2,3)27-48(41,4)29-15-19-32(20-16-29)51-45(54)36-22-18-31(26-38(36)46(51)55)49(30-17-21-35-37(25-30)44(53)50(5)43(35)52)39-12-8-6-10-33(39)34-11-7-9-13-40(34)49/h6-26H,27H2,1-5H3. The van der Waals surface area contributed by atoms with E-state index in [4.69, 9.17) is 0 Å². The van der Waals surface area contributed by atoms with Crippen LogP contribution >= 0.6 is 0 Å². The molecule has 6 aromatic carbocycles. The second-order valence-corrected chi connectivity index (χ2v) is 16.5. The number of benzene rings is 6. The fraction of sp³-hybridized carbons (Fsp3) is 0.184. The van der Waals surface area contributed by atoms with Crippen molar-refractivity contribution in [2.45, 2.75) is 50.4 Å². The van der Waals surface area contributed by atoms with Crippen LogP contribution in [-0.4, -0.2) is 35.6 Å². The van der Waals surface area contributed by atoms with Gasteiger partial charge in [0.05, 0.1) is 33.4 Å². The summed E-state index contributed by atoms with van der Waals surface area (Å²) in [5.41, 5.74) is 11.5. The third-order valence-electron chi connectivity index (χ3n) is 12.9. The van der Waals surface area contributed by atoms with E-state index in [1.54, 1.807) is 12.1 Å². The molecule has 6 nitrogen and oxygen atoms in total. The number of carbonyl (C=O) groups excluding carboxylic acids is 4. The number of aryl methyl sites for hydroxylation is 1. The van der Waals surface area contributed by atoms with Crippen LogP contribution in [-0.2, 0) is 16.2 Å². The third kappa shape index (κ3) is 4.25. The van der Waals surface area contributed by atoms with Gasteiger partial charge in [-0.15, -0.1) is 0 Å². The van der Waals surface area contributed by atoms with Crippen molar-refractivity contribution in [2.24, 2.45) is 0 Å². The van der Waals surface area contributed by atoms with Crippen molar-refractivity contribution in [3.63, 3.8) is 0 Å². The molecule has 2 aliphatic heterocycles. The molecule has 0 saturated carbocycles. The van der Waals surface area contributed by atoms with E-state index in [0.29, 0.717) is 27.9 Å². The number of nitrogens with zero attached hydrogens (tertiary/aromatic N) is 2. The van der Waals surface area contributed by atoms with Crippen LogP contribution in [0.15, 0.2) is 127 Å². The van der Waals surface area contributed by atoms with E-state index in [2.05, 4.69) is 82.3 Å². The van der Waals surface area contributed by atoms with E-state index in [1.165, 1.54) is 28.6 Å². The Morgan fingerprint density at radius 2 is 0.982 bits per heavy atom. The van der Waals surface area contributed by atoms with Crippen molar-refractivity contribution < 1.29 is 19.2 Å². The van der Waals surface area contributed by atoms with Crippen LogP contribution in [0.4, 0.5) is 5.69 Å². The lowest BCUT2D eigenvalue weighted by Gasteiger charge is -2.34. The van der Waals surface area contributed by atoms with Gasteiger partial charge in [-0.2, -0.15) is 0 Å². The molecule has 268 valence electrons. The number of amides is 4. The molecule has 0 bridgehead atoms. The van der Waals surface area contributed by atoms with E-state index < -0.39 is 5.41 Å². The summed E-state index contributed by atoms with van der Waals surface area (Å²) >= 11 is 0. The van der Waals surface area contributed by atoms with Gasteiger partial charge in [-0.25, -0.2) is 4.90 Å². The number of rotatable bonds is 4. The van der Waals surface area contributed by atoms with Crippen LogP contribution in [0, 0.1) is 6.92 Å². The minimum Gasteiger partial charge on any atom is -0.277 e. The summed E-state index contributed by atoms with van der Waals surface area (Å²) in [6, 6.07) is 42.0. The first-order valence-corrected chi connectivity index (χ1v) is 18.8. The minimum absolute atomic E-state index is 0.00974. The normalized spacial score (nSPS) is 19.7. The van der Waals surface area contributed by atoms with Crippen LogP contribution in [0.5, 0.6) is 0 Å². The monoisotopic (exact) mass is 718 g/mol. The van der Waals surface area contributed by atoms with Gasteiger partial charge >= 0.3 is 0 Å². The molecule has 0 saturated heterocycles. The molecule has 10 rings (SSSR count). The molecule has 1 unspecified atom stereocenters. The second-order valence-electron chi connectivity index (χ2n) is 16.5. The third-order valence-corrected chi connectivity index (χ3v) is 12.9. The molecule has 0 aromatic heterocycles. The first-order valence-electron chi connectivity index (χ1n) is 18.8. The molecule has 4 amide bonds. The smallest absolute Gasteiger partial charge is 0.266 e. The maximum absolute atomic E-state index is 14.5. The van der Waals surface area contributed by atoms with Gasteiger partial charge in [0, 0.05) is 12.5 Å². The van der Waals surface area contributed by atoms with Crippen LogP contribution in [0.3, 0.4) is 0 Å². The van der Waals surface area contributed by atoms with E-state index in [9.17, 15) is 19.2 Å². The van der Waals surface area contributed by atoms with Crippen molar-refractivity contribution in [2.75, 3.05) is 11.9 Å². The molecule has 0 radical (unpaired) electrons. The van der Waals surface area contributed by atoms with Gasteiger partial charge in [0.15, 0.2) is 0 Å². The largest absolute Gasteiger partial charge is 0.277 e. The van der Waals surface area contributed by atoms with E-state index in [-0.39, 0.29) is 34.5 Å². The Kier molecular flexibility index (Phi) is 6.68. The van der Waals surface area contributed by atoms with Crippen molar-refractivity contribution in [3.05, 3.63) is 194 Å². The Morgan fingerprint density at radius 1 is 0.473 bits per heavy atom. The molecule has 0 N–H and O–H groups in total. The Labute approximate surface area is 320 Å². The summed E-state index contributed by atoms with van der Waals surface area (Å²) in [6.45, 7) is 9.02. The predicted molar refractivity (Wildman–Crippen MR) is 213 cm³/mol. The van der Waals surface area contributed by atoms with Gasteiger partial charge in [-0.3, -0.25) is 24.1 Å². The fourth-order valence-corrected chi connectivity index (χ4v) is 10.3. The molecule has 55 heavy (non-hydrogen) atoms. The van der Waals surface area contributed by atoms with Crippen LogP contribution in [0.25, 0.3) is 11.1 Å². The Morgan fingerprint density at radius 3 is 1.60 bits per heavy atom. The van der Waals surface area contributed by atoms with Crippen LogP contribution in [0.1, 0.15) is 113 Å². The number of carbonyl (C=O) groups is 4. The average molecular weight is 719 g/mol. The number of fused-ring (bicyclic) bond motifs is 6. The highest BCUT2D eigenvalue weighted by molar-refractivity contribution is 6.34. The summed E-state index contributed by atoms with van der Waals surface area (Å²) in [4.78, 5) is 57.3. The summed E-state index contributed by atoms with van der Waals surface area (Å²) < 4.78 is 0.